The Balaban J connectivity index is 2.00. The quantitative estimate of drug-likeness (QED) is 0.523. The Morgan fingerprint density at radius 1 is 1.56 bits per heavy atom. The molecule has 1 atom stereocenters. The van der Waals surface area contributed by atoms with Gasteiger partial charge in [-0.15, -0.1) is 0 Å². The molecule has 0 spiro atoms. The molecule has 0 bridgehead atoms. The fourth-order valence-electron chi connectivity index (χ4n) is 2.20. The van der Waals surface area contributed by atoms with Crippen molar-refractivity contribution >= 4 is 11.5 Å². The second kappa shape index (κ2) is 5.98. The van der Waals surface area contributed by atoms with Crippen LogP contribution in [0, 0.1) is 0 Å². The Labute approximate surface area is 107 Å². The van der Waals surface area contributed by atoms with Crippen LogP contribution in [0.1, 0.15) is 29.3 Å². The van der Waals surface area contributed by atoms with E-state index in [-0.39, 0.29) is 18.4 Å². The minimum absolute atomic E-state index is 0.114. The van der Waals surface area contributed by atoms with Crippen molar-refractivity contribution in [2.45, 2.75) is 25.8 Å². The first kappa shape index (κ1) is 13.1. The van der Waals surface area contributed by atoms with E-state index in [9.17, 15) is 4.79 Å². The topological polar surface area (TPSA) is 61.4 Å². The second-order valence-electron chi connectivity index (χ2n) is 4.67. The highest BCUT2D eigenvalue weighted by atomic mass is 16.3. The molecule has 0 radical (unpaired) electrons. The van der Waals surface area contributed by atoms with Gasteiger partial charge >= 0.3 is 0 Å². The summed E-state index contributed by atoms with van der Waals surface area (Å²) in [4.78, 5) is 12.2. The first-order valence-electron chi connectivity index (χ1n) is 6.47. The monoisotopic (exact) mass is 248 g/mol. The third-order valence-electron chi connectivity index (χ3n) is 3.28. The third-order valence-corrected chi connectivity index (χ3v) is 3.28. The van der Waals surface area contributed by atoms with Crippen LogP contribution in [0.3, 0.4) is 0 Å². The minimum Gasteiger partial charge on any atom is -0.396 e. The maximum absolute atomic E-state index is 12.2. The summed E-state index contributed by atoms with van der Waals surface area (Å²) in [6.07, 6.45) is 1.66. The summed E-state index contributed by atoms with van der Waals surface area (Å²) in [6.45, 7) is 3.64. The molecular formula is C14H20N2O2. The fraction of sp³-hybridized carbons (Fsp3) is 0.500. The van der Waals surface area contributed by atoms with E-state index in [0.717, 1.165) is 24.2 Å². The van der Waals surface area contributed by atoms with Crippen LogP contribution in [0.4, 0.5) is 5.69 Å². The SMILES string of the molecule is CC(NCCCO)C(=O)c1ccc2c(c1)CCN2. The summed E-state index contributed by atoms with van der Waals surface area (Å²) < 4.78 is 0. The zero-order valence-electron chi connectivity index (χ0n) is 10.7. The van der Waals surface area contributed by atoms with Crippen molar-refractivity contribution in [1.29, 1.82) is 0 Å². The predicted octanol–water partition coefficient (Wildman–Crippen LogP) is 1.20. The molecule has 0 aromatic heterocycles. The molecule has 1 aliphatic rings. The molecule has 1 aliphatic heterocycles. The summed E-state index contributed by atoms with van der Waals surface area (Å²) in [5.74, 6) is 0.114. The average molecular weight is 248 g/mol. The van der Waals surface area contributed by atoms with Crippen LogP contribution in [0.15, 0.2) is 18.2 Å². The summed E-state index contributed by atoms with van der Waals surface area (Å²) in [5.41, 5.74) is 3.14. The van der Waals surface area contributed by atoms with Gasteiger partial charge in [0.1, 0.15) is 0 Å². The molecule has 1 aromatic rings. The van der Waals surface area contributed by atoms with E-state index in [4.69, 9.17) is 5.11 Å². The van der Waals surface area contributed by atoms with Gasteiger partial charge in [-0.2, -0.15) is 0 Å². The molecular weight excluding hydrogens is 228 g/mol. The van der Waals surface area contributed by atoms with Crippen LogP contribution in [0.25, 0.3) is 0 Å². The van der Waals surface area contributed by atoms with Crippen molar-refractivity contribution in [2.75, 3.05) is 25.0 Å². The molecule has 4 heteroatoms. The molecule has 0 fully saturated rings. The first-order valence-corrected chi connectivity index (χ1v) is 6.47. The van der Waals surface area contributed by atoms with Crippen LogP contribution < -0.4 is 10.6 Å². The van der Waals surface area contributed by atoms with Crippen LogP contribution in [0.5, 0.6) is 0 Å². The summed E-state index contributed by atoms with van der Waals surface area (Å²) in [7, 11) is 0. The summed E-state index contributed by atoms with van der Waals surface area (Å²) >= 11 is 0. The number of carbonyl (C=O) groups excluding carboxylic acids is 1. The Morgan fingerprint density at radius 3 is 3.17 bits per heavy atom. The predicted molar refractivity (Wildman–Crippen MR) is 72.1 cm³/mol. The molecule has 0 aliphatic carbocycles. The number of fused-ring (bicyclic) bond motifs is 1. The standard InChI is InChI=1S/C14H20N2O2/c1-10(15-6-2-8-17)14(18)12-3-4-13-11(9-12)5-7-16-13/h3-4,9-10,15-17H,2,5-8H2,1H3. The molecule has 2 rings (SSSR count). The number of rotatable bonds is 6. The fourth-order valence-corrected chi connectivity index (χ4v) is 2.20. The Bertz CT molecular complexity index is 432. The lowest BCUT2D eigenvalue weighted by atomic mass is 10.0. The van der Waals surface area contributed by atoms with Gasteiger partial charge < -0.3 is 15.7 Å². The second-order valence-corrected chi connectivity index (χ2v) is 4.67. The molecule has 98 valence electrons. The smallest absolute Gasteiger partial charge is 0.179 e. The van der Waals surface area contributed by atoms with Crippen molar-refractivity contribution in [3.63, 3.8) is 0 Å². The number of aliphatic hydroxyl groups is 1. The highest BCUT2D eigenvalue weighted by molar-refractivity contribution is 6.00. The highest BCUT2D eigenvalue weighted by Crippen LogP contribution is 2.23. The van der Waals surface area contributed by atoms with Gasteiger partial charge in [-0.3, -0.25) is 4.79 Å². The maximum Gasteiger partial charge on any atom is 0.179 e. The molecule has 1 aromatic carbocycles. The molecule has 18 heavy (non-hydrogen) atoms. The van der Waals surface area contributed by atoms with E-state index in [1.165, 1.54) is 5.56 Å². The van der Waals surface area contributed by atoms with E-state index < -0.39 is 0 Å². The van der Waals surface area contributed by atoms with Crippen molar-refractivity contribution in [3.05, 3.63) is 29.3 Å². The Kier molecular flexibility index (Phi) is 4.33. The molecule has 4 nitrogen and oxygen atoms in total. The van der Waals surface area contributed by atoms with E-state index in [1.807, 2.05) is 25.1 Å². The van der Waals surface area contributed by atoms with Crippen LogP contribution in [-0.4, -0.2) is 36.6 Å². The normalized spacial score (nSPS) is 15.0. The van der Waals surface area contributed by atoms with Gasteiger partial charge in [0.15, 0.2) is 5.78 Å². The van der Waals surface area contributed by atoms with Crippen LogP contribution in [0.2, 0.25) is 0 Å². The Hall–Kier alpha value is -1.39. The molecule has 3 N–H and O–H groups in total. The third kappa shape index (κ3) is 2.89. The van der Waals surface area contributed by atoms with E-state index in [2.05, 4.69) is 10.6 Å². The minimum atomic E-state index is -0.205. The number of Topliss-reactive ketones (excluding diaryl/α,β-unsaturated/α-hetero) is 1. The lowest BCUT2D eigenvalue weighted by molar-refractivity contribution is 0.0950. The van der Waals surface area contributed by atoms with E-state index >= 15 is 0 Å². The van der Waals surface area contributed by atoms with Crippen LogP contribution >= 0.6 is 0 Å². The van der Waals surface area contributed by atoms with Gasteiger partial charge in [0, 0.05) is 24.4 Å². The maximum atomic E-state index is 12.2. The van der Waals surface area contributed by atoms with Gasteiger partial charge in [0.05, 0.1) is 6.04 Å². The van der Waals surface area contributed by atoms with Gasteiger partial charge in [-0.1, -0.05) is 0 Å². The van der Waals surface area contributed by atoms with Crippen molar-refractivity contribution < 1.29 is 9.90 Å². The zero-order chi connectivity index (χ0) is 13.0. The van der Waals surface area contributed by atoms with Crippen molar-refractivity contribution in [2.24, 2.45) is 0 Å². The number of aliphatic hydroxyl groups excluding tert-OH is 1. The first-order chi connectivity index (χ1) is 8.72. The number of nitrogens with one attached hydrogen (secondary N) is 2. The number of anilines is 1. The number of carbonyl (C=O) groups is 1. The van der Waals surface area contributed by atoms with Gasteiger partial charge in [0.25, 0.3) is 0 Å². The van der Waals surface area contributed by atoms with Crippen LogP contribution in [-0.2, 0) is 6.42 Å². The number of hydrogen-bond donors (Lipinski definition) is 3. The lowest BCUT2D eigenvalue weighted by Gasteiger charge is -2.13. The Morgan fingerprint density at radius 2 is 2.39 bits per heavy atom. The number of benzene rings is 1. The molecule has 0 saturated carbocycles. The van der Waals surface area contributed by atoms with Crippen molar-refractivity contribution in [3.8, 4) is 0 Å². The van der Waals surface area contributed by atoms with E-state index in [1.54, 1.807) is 0 Å². The van der Waals surface area contributed by atoms with Gasteiger partial charge in [-0.05, 0) is 50.1 Å². The van der Waals surface area contributed by atoms with Crippen molar-refractivity contribution in [1.82, 2.24) is 5.32 Å². The lowest BCUT2D eigenvalue weighted by Crippen LogP contribution is -2.35. The summed E-state index contributed by atoms with van der Waals surface area (Å²) in [6, 6.07) is 5.64. The molecule has 0 saturated heterocycles. The van der Waals surface area contributed by atoms with Gasteiger partial charge in [-0.25, -0.2) is 0 Å². The molecule has 1 unspecified atom stereocenters. The summed E-state index contributed by atoms with van der Waals surface area (Å²) in [5, 5.41) is 15.1. The largest absolute Gasteiger partial charge is 0.396 e. The number of hydrogen-bond acceptors (Lipinski definition) is 4. The number of ketones is 1. The molecule has 1 heterocycles. The zero-order valence-corrected chi connectivity index (χ0v) is 10.7. The van der Waals surface area contributed by atoms with E-state index in [0.29, 0.717) is 13.0 Å². The van der Waals surface area contributed by atoms with Gasteiger partial charge in [0.2, 0.25) is 0 Å². The average Bonchev–Trinajstić information content (AvgIpc) is 2.85. The molecule has 0 amide bonds. The highest BCUT2D eigenvalue weighted by Gasteiger charge is 2.17.